The number of nitrogens with one attached hydrogen (secondary N) is 1. The molecule has 0 atom stereocenters. The van der Waals surface area contributed by atoms with Crippen LogP contribution in [0.2, 0.25) is 0 Å². The van der Waals surface area contributed by atoms with Crippen molar-refractivity contribution in [3.63, 3.8) is 0 Å². The van der Waals surface area contributed by atoms with E-state index in [2.05, 4.69) is 10.3 Å². The molecular weight excluding hydrogens is 232 g/mol. The van der Waals surface area contributed by atoms with Gasteiger partial charge in [-0.15, -0.1) is 0 Å². The molecule has 1 aromatic rings. The average Bonchev–Trinajstić information content (AvgIpc) is 2.34. The molecule has 0 radical (unpaired) electrons. The molecule has 2 N–H and O–H groups in total. The number of unbranched alkanes of at least 4 members (excludes halogenated alkanes) is 1. The molecule has 0 aliphatic heterocycles. The predicted molar refractivity (Wildman–Crippen MR) is 70.0 cm³/mol. The molecule has 1 aromatic heterocycles. The Morgan fingerprint density at radius 2 is 2.22 bits per heavy atom. The summed E-state index contributed by atoms with van der Waals surface area (Å²) in [6.07, 6.45) is 3.83. The number of carboxylic acid groups (broad SMARTS) is 1. The van der Waals surface area contributed by atoms with Gasteiger partial charge in [0.1, 0.15) is 5.69 Å². The van der Waals surface area contributed by atoms with Gasteiger partial charge in [0.05, 0.1) is 18.0 Å². The minimum Gasteiger partial charge on any atom is -0.477 e. The van der Waals surface area contributed by atoms with Crippen LogP contribution in [0.25, 0.3) is 0 Å². The lowest BCUT2D eigenvalue weighted by Gasteiger charge is -2.08. The van der Waals surface area contributed by atoms with Crippen LogP contribution in [-0.4, -0.2) is 35.3 Å². The van der Waals surface area contributed by atoms with Crippen molar-refractivity contribution in [1.82, 2.24) is 4.98 Å². The summed E-state index contributed by atoms with van der Waals surface area (Å²) >= 11 is 0. The summed E-state index contributed by atoms with van der Waals surface area (Å²) < 4.78 is 5.43. The second kappa shape index (κ2) is 7.66. The third-order valence-corrected chi connectivity index (χ3v) is 2.33. The number of hydrogen-bond donors (Lipinski definition) is 2. The van der Waals surface area contributed by atoms with E-state index in [1.165, 1.54) is 12.3 Å². The Morgan fingerprint density at radius 3 is 2.78 bits per heavy atom. The maximum Gasteiger partial charge on any atom is 0.354 e. The van der Waals surface area contributed by atoms with Gasteiger partial charge in [-0.2, -0.15) is 0 Å². The van der Waals surface area contributed by atoms with E-state index in [9.17, 15) is 4.79 Å². The topological polar surface area (TPSA) is 71.5 Å². The summed E-state index contributed by atoms with van der Waals surface area (Å²) in [5, 5.41) is 11.9. The van der Waals surface area contributed by atoms with E-state index < -0.39 is 5.97 Å². The van der Waals surface area contributed by atoms with Crippen LogP contribution in [0.3, 0.4) is 0 Å². The standard InChI is InChI=1S/C13H20N2O3/c1-10(2)18-8-4-3-7-14-11-5-6-12(13(16)17)15-9-11/h5-6,9-10,14H,3-4,7-8H2,1-2H3,(H,16,17). The summed E-state index contributed by atoms with van der Waals surface area (Å²) in [5.41, 5.74) is 0.899. The Labute approximate surface area is 107 Å². The van der Waals surface area contributed by atoms with Crippen molar-refractivity contribution in [2.24, 2.45) is 0 Å². The molecule has 18 heavy (non-hydrogen) atoms. The Balaban J connectivity index is 2.17. The fraction of sp³-hybridized carbons (Fsp3) is 0.538. The fourth-order valence-corrected chi connectivity index (χ4v) is 1.40. The average molecular weight is 252 g/mol. The first-order valence-corrected chi connectivity index (χ1v) is 6.14. The summed E-state index contributed by atoms with van der Waals surface area (Å²) in [6.45, 7) is 5.65. The van der Waals surface area contributed by atoms with Gasteiger partial charge in [0.15, 0.2) is 0 Å². The molecule has 0 aromatic carbocycles. The van der Waals surface area contributed by atoms with Crippen molar-refractivity contribution >= 4 is 11.7 Å². The Bertz CT molecular complexity index is 363. The zero-order valence-electron chi connectivity index (χ0n) is 10.8. The molecule has 0 bridgehead atoms. The van der Waals surface area contributed by atoms with Gasteiger partial charge in [0.25, 0.3) is 0 Å². The van der Waals surface area contributed by atoms with Gasteiger partial charge in [-0.1, -0.05) is 0 Å². The van der Waals surface area contributed by atoms with Crippen LogP contribution in [0.1, 0.15) is 37.2 Å². The molecule has 0 saturated heterocycles. The zero-order valence-corrected chi connectivity index (χ0v) is 10.8. The number of aromatic nitrogens is 1. The van der Waals surface area contributed by atoms with Crippen molar-refractivity contribution in [2.75, 3.05) is 18.5 Å². The highest BCUT2D eigenvalue weighted by Crippen LogP contribution is 2.06. The number of rotatable bonds is 8. The van der Waals surface area contributed by atoms with Gasteiger partial charge < -0.3 is 15.2 Å². The number of anilines is 1. The van der Waals surface area contributed by atoms with E-state index in [-0.39, 0.29) is 11.8 Å². The largest absolute Gasteiger partial charge is 0.477 e. The number of carboxylic acids is 1. The van der Waals surface area contributed by atoms with Crippen molar-refractivity contribution in [3.8, 4) is 0 Å². The van der Waals surface area contributed by atoms with Gasteiger partial charge in [0.2, 0.25) is 0 Å². The van der Waals surface area contributed by atoms with Gasteiger partial charge >= 0.3 is 5.97 Å². The lowest BCUT2D eigenvalue weighted by Crippen LogP contribution is -2.07. The second-order valence-corrected chi connectivity index (χ2v) is 4.29. The molecule has 0 amide bonds. The first-order valence-electron chi connectivity index (χ1n) is 6.14. The molecule has 1 heterocycles. The van der Waals surface area contributed by atoms with E-state index >= 15 is 0 Å². The quantitative estimate of drug-likeness (QED) is 0.695. The number of hydrogen-bond acceptors (Lipinski definition) is 4. The fourth-order valence-electron chi connectivity index (χ4n) is 1.40. The van der Waals surface area contributed by atoms with Crippen molar-refractivity contribution in [1.29, 1.82) is 0 Å². The molecule has 0 spiro atoms. The first kappa shape index (κ1) is 14.4. The maximum atomic E-state index is 10.6. The highest BCUT2D eigenvalue weighted by atomic mass is 16.5. The number of carbonyl (C=O) groups is 1. The molecule has 5 nitrogen and oxygen atoms in total. The van der Waals surface area contributed by atoms with Crippen LogP contribution in [0.4, 0.5) is 5.69 Å². The third-order valence-electron chi connectivity index (χ3n) is 2.33. The molecule has 0 unspecified atom stereocenters. The molecule has 1 rings (SSSR count). The van der Waals surface area contributed by atoms with E-state index in [4.69, 9.17) is 9.84 Å². The summed E-state index contributed by atoms with van der Waals surface area (Å²) in [7, 11) is 0. The van der Waals surface area contributed by atoms with E-state index in [0.717, 1.165) is 31.7 Å². The van der Waals surface area contributed by atoms with Crippen LogP contribution < -0.4 is 5.32 Å². The summed E-state index contributed by atoms with van der Waals surface area (Å²) in [4.78, 5) is 14.4. The number of aromatic carboxylic acids is 1. The van der Waals surface area contributed by atoms with Gasteiger partial charge in [-0.05, 0) is 38.8 Å². The second-order valence-electron chi connectivity index (χ2n) is 4.29. The van der Waals surface area contributed by atoms with Gasteiger partial charge in [-0.25, -0.2) is 9.78 Å². The van der Waals surface area contributed by atoms with E-state index in [0.29, 0.717) is 0 Å². The third kappa shape index (κ3) is 5.63. The molecule has 100 valence electrons. The van der Waals surface area contributed by atoms with E-state index in [1.54, 1.807) is 6.07 Å². The molecule has 0 saturated carbocycles. The summed E-state index contributed by atoms with van der Waals surface area (Å²) in [6, 6.07) is 3.22. The minimum atomic E-state index is -1.01. The van der Waals surface area contributed by atoms with Gasteiger partial charge in [-0.3, -0.25) is 0 Å². The number of nitrogens with zero attached hydrogens (tertiary/aromatic N) is 1. The Kier molecular flexibility index (Phi) is 6.14. The highest BCUT2D eigenvalue weighted by Gasteiger charge is 2.02. The number of pyridine rings is 1. The molecule has 0 fully saturated rings. The lowest BCUT2D eigenvalue weighted by atomic mass is 10.3. The smallest absolute Gasteiger partial charge is 0.354 e. The molecule has 0 aliphatic carbocycles. The molecular formula is C13H20N2O3. The Morgan fingerprint density at radius 1 is 1.44 bits per heavy atom. The maximum absolute atomic E-state index is 10.6. The van der Waals surface area contributed by atoms with E-state index in [1.807, 2.05) is 13.8 Å². The van der Waals surface area contributed by atoms with Crippen LogP contribution in [0.5, 0.6) is 0 Å². The summed E-state index contributed by atoms with van der Waals surface area (Å²) in [5.74, 6) is -1.01. The van der Waals surface area contributed by atoms with Crippen LogP contribution >= 0.6 is 0 Å². The molecule has 0 aliphatic rings. The zero-order chi connectivity index (χ0) is 13.4. The number of ether oxygens (including phenoxy) is 1. The van der Waals surface area contributed by atoms with Crippen molar-refractivity contribution in [2.45, 2.75) is 32.8 Å². The normalized spacial score (nSPS) is 10.6. The lowest BCUT2D eigenvalue weighted by molar-refractivity contribution is 0.0690. The molecule has 5 heteroatoms. The van der Waals surface area contributed by atoms with Crippen LogP contribution in [0.15, 0.2) is 18.3 Å². The van der Waals surface area contributed by atoms with Crippen molar-refractivity contribution < 1.29 is 14.6 Å². The SMILES string of the molecule is CC(C)OCCCCNc1ccc(C(=O)O)nc1. The van der Waals surface area contributed by atoms with Crippen molar-refractivity contribution in [3.05, 3.63) is 24.0 Å². The first-order chi connectivity index (χ1) is 8.59. The van der Waals surface area contributed by atoms with Crippen LogP contribution in [-0.2, 0) is 4.74 Å². The van der Waals surface area contributed by atoms with Gasteiger partial charge in [0, 0.05) is 13.2 Å². The Hall–Kier alpha value is -1.62. The van der Waals surface area contributed by atoms with Crippen LogP contribution in [0, 0.1) is 0 Å². The minimum absolute atomic E-state index is 0.0610. The predicted octanol–water partition coefficient (Wildman–Crippen LogP) is 2.40. The monoisotopic (exact) mass is 252 g/mol. The highest BCUT2D eigenvalue weighted by molar-refractivity contribution is 5.85.